The van der Waals surface area contributed by atoms with Crippen molar-refractivity contribution in [2.75, 3.05) is 26.0 Å². The quantitative estimate of drug-likeness (QED) is 0.725. The fourth-order valence-corrected chi connectivity index (χ4v) is 3.59. The summed E-state index contributed by atoms with van der Waals surface area (Å²) in [6, 6.07) is 6.05. The number of rotatable bonds is 6. The fourth-order valence-electron chi connectivity index (χ4n) is 3.59. The predicted molar refractivity (Wildman–Crippen MR) is 105 cm³/mol. The topological polar surface area (TPSA) is 71.8 Å². The van der Waals surface area contributed by atoms with Gasteiger partial charge in [0.15, 0.2) is 5.82 Å². The highest BCUT2D eigenvalue weighted by Crippen LogP contribution is 2.29. The smallest absolute Gasteiger partial charge is 0.180 e. The highest BCUT2D eigenvalue weighted by Gasteiger charge is 2.22. The Bertz CT molecular complexity index is 917. The van der Waals surface area contributed by atoms with Crippen molar-refractivity contribution in [1.29, 1.82) is 0 Å². The van der Waals surface area contributed by atoms with Gasteiger partial charge in [0.2, 0.25) is 0 Å². The number of pyridine rings is 1. The maximum atomic E-state index is 4.82. The van der Waals surface area contributed by atoms with Gasteiger partial charge < -0.3 is 10.2 Å². The van der Waals surface area contributed by atoms with Gasteiger partial charge in [0, 0.05) is 42.8 Å². The van der Waals surface area contributed by atoms with Crippen molar-refractivity contribution in [3.8, 4) is 11.5 Å². The van der Waals surface area contributed by atoms with E-state index in [4.69, 9.17) is 9.97 Å². The van der Waals surface area contributed by atoms with Crippen LogP contribution in [0.4, 0.5) is 5.82 Å². The largest absolute Gasteiger partial charge is 0.368 e. The number of nitrogens with one attached hydrogen (secondary N) is 1. The average Bonchev–Trinajstić information content (AvgIpc) is 3.31. The zero-order valence-electron chi connectivity index (χ0n) is 16.1. The molecular formula is C20H25N7. The summed E-state index contributed by atoms with van der Waals surface area (Å²) in [7, 11) is 6.12. The fraction of sp³-hybridized carbons (Fsp3) is 0.400. The van der Waals surface area contributed by atoms with Crippen molar-refractivity contribution in [3.63, 3.8) is 0 Å². The third-order valence-electron chi connectivity index (χ3n) is 5.02. The monoisotopic (exact) mass is 363 g/mol. The number of fused-ring (bicyclic) bond motifs is 1. The van der Waals surface area contributed by atoms with Gasteiger partial charge in [-0.25, -0.2) is 9.97 Å². The van der Waals surface area contributed by atoms with Gasteiger partial charge in [0.25, 0.3) is 0 Å². The van der Waals surface area contributed by atoms with Crippen molar-refractivity contribution >= 4 is 5.82 Å². The standard InChI is InChI=1S/C20H25N7/c1-26(2)18(14-11-23-27(3)13-14)12-22-19-15-7-6-9-16(15)24-20(25-19)17-8-4-5-10-21-17/h4-5,8,10-11,13,18H,6-7,9,12H2,1-3H3,(H,22,24,25). The van der Waals surface area contributed by atoms with E-state index in [1.54, 1.807) is 6.20 Å². The third-order valence-corrected chi connectivity index (χ3v) is 5.02. The van der Waals surface area contributed by atoms with E-state index in [0.29, 0.717) is 5.82 Å². The molecule has 0 amide bonds. The van der Waals surface area contributed by atoms with Crippen molar-refractivity contribution in [2.45, 2.75) is 25.3 Å². The Balaban J connectivity index is 1.62. The summed E-state index contributed by atoms with van der Waals surface area (Å²) in [5, 5.41) is 7.90. The van der Waals surface area contributed by atoms with Crippen LogP contribution in [0.1, 0.15) is 29.3 Å². The molecule has 0 aliphatic heterocycles. The summed E-state index contributed by atoms with van der Waals surface area (Å²) < 4.78 is 1.84. The zero-order valence-corrected chi connectivity index (χ0v) is 16.1. The number of anilines is 1. The van der Waals surface area contributed by atoms with E-state index in [1.165, 1.54) is 11.1 Å². The summed E-state index contributed by atoms with van der Waals surface area (Å²) in [6.07, 6.45) is 8.94. The minimum Gasteiger partial charge on any atom is -0.368 e. The Kier molecular flexibility index (Phi) is 4.85. The molecule has 7 nitrogen and oxygen atoms in total. The molecule has 1 aliphatic rings. The molecule has 0 spiro atoms. The second kappa shape index (κ2) is 7.44. The summed E-state index contributed by atoms with van der Waals surface area (Å²) in [4.78, 5) is 16.2. The van der Waals surface area contributed by atoms with Crippen molar-refractivity contribution in [1.82, 2.24) is 29.6 Å². The summed E-state index contributed by atoms with van der Waals surface area (Å²) in [6.45, 7) is 0.754. The first-order chi connectivity index (χ1) is 13.1. The number of aromatic nitrogens is 5. The first-order valence-electron chi connectivity index (χ1n) is 9.32. The predicted octanol–water partition coefficient (Wildman–Crippen LogP) is 2.48. The SMILES string of the molecule is CN(C)C(CNc1nc(-c2ccccn2)nc2c1CCC2)c1cnn(C)c1. The molecule has 3 heterocycles. The number of aryl methyl sites for hydroxylation is 2. The molecule has 4 rings (SSSR count). The lowest BCUT2D eigenvalue weighted by molar-refractivity contribution is 0.311. The van der Waals surface area contributed by atoms with Crippen LogP contribution in [0.25, 0.3) is 11.5 Å². The molecular weight excluding hydrogens is 338 g/mol. The van der Waals surface area contributed by atoms with Gasteiger partial charge in [0.05, 0.1) is 12.2 Å². The van der Waals surface area contributed by atoms with E-state index < -0.39 is 0 Å². The van der Waals surface area contributed by atoms with E-state index in [9.17, 15) is 0 Å². The molecule has 0 saturated heterocycles. The molecule has 0 fully saturated rings. The lowest BCUT2D eigenvalue weighted by atomic mass is 10.1. The Labute approximate surface area is 159 Å². The zero-order chi connectivity index (χ0) is 18.8. The summed E-state index contributed by atoms with van der Waals surface area (Å²) in [5.74, 6) is 1.63. The molecule has 0 saturated carbocycles. The third kappa shape index (κ3) is 3.68. The van der Waals surface area contributed by atoms with Crippen molar-refractivity contribution in [2.24, 2.45) is 7.05 Å². The molecule has 27 heavy (non-hydrogen) atoms. The molecule has 3 aromatic heterocycles. The van der Waals surface area contributed by atoms with Crippen molar-refractivity contribution in [3.05, 3.63) is 53.6 Å². The summed E-state index contributed by atoms with van der Waals surface area (Å²) >= 11 is 0. The molecule has 1 atom stereocenters. The van der Waals surface area contributed by atoms with Gasteiger partial charge in [-0.2, -0.15) is 5.10 Å². The molecule has 3 aromatic rings. The number of hydrogen-bond acceptors (Lipinski definition) is 6. The average molecular weight is 363 g/mol. The number of nitrogens with zero attached hydrogens (tertiary/aromatic N) is 6. The highest BCUT2D eigenvalue weighted by molar-refractivity contribution is 5.57. The van der Waals surface area contributed by atoms with E-state index in [0.717, 1.165) is 43.0 Å². The minimum atomic E-state index is 0.212. The van der Waals surface area contributed by atoms with Gasteiger partial charge in [-0.05, 0) is 45.5 Å². The second-order valence-corrected chi connectivity index (χ2v) is 7.20. The Hall–Kier alpha value is -2.80. The first kappa shape index (κ1) is 17.6. The van der Waals surface area contributed by atoms with Crippen LogP contribution >= 0.6 is 0 Å². The van der Waals surface area contributed by atoms with Gasteiger partial charge >= 0.3 is 0 Å². The van der Waals surface area contributed by atoms with Crippen LogP contribution in [0.3, 0.4) is 0 Å². The number of likely N-dealkylation sites (N-methyl/N-ethyl adjacent to an activating group) is 1. The van der Waals surface area contributed by atoms with Crippen LogP contribution < -0.4 is 5.32 Å². The van der Waals surface area contributed by atoms with Crippen LogP contribution in [0.5, 0.6) is 0 Å². The van der Waals surface area contributed by atoms with E-state index >= 15 is 0 Å². The van der Waals surface area contributed by atoms with Gasteiger partial charge in [-0.3, -0.25) is 9.67 Å². The lowest BCUT2D eigenvalue weighted by Gasteiger charge is -2.24. The Morgan fingerprint density at radius 1 is 1.22 bits per heavy atom. The highest BCUT2D eigenvalue weighted by atomic mass is 15.2. The minimum absolute atomic E-state index is 0.212. The molecule has 0 radical (unpaired) electrons. The van der Waals surface area contributed by atoms with Crippen LogP contribution in [0.2, 0.25) is 0 Å². The molecule has 1 N–H and O–H groups in total. The van der Waals surface area contributed by atoms with E-state index in [1.807, 2.05) is 36.1 Å². The van der Waals surface area contributed by atoms with E-state index in [2.05, 4.69) is 40.6 Å². The second-order valence-electron chi connectivity index (χ2n) is 7.20. The van der Waals surface area contributed by atoms with Gasteiger partial charge in [-0.15, -0.1) is 0 Å². The molecule has 140 valence electrons. The maximum Gasteiger partial charge on any atom is 0.180 e. The summed E-state index contributed by atoms with van der Waals surface area (Å²) in [5.41, 5.74) is 4.40. The van der Waals surface area contributed by atoms with Crippen LogP contribution in [0.15, 0.2) is 36.8 Å². The molecule has 1 unspecified atom stereocenters. The molecule has 0 bridgehead atoms. The van der Waals surface area contributed by atoms with Gasteiger partial charge in [-0.1, -0.05) is 6.07 Å². The van der Waals surface area contributed by atoms with Gasteiger partial charge in [0.1, 0.15) is 11.5 Å². The molecule has 1 aliphatic carbocycles. The molecule has 7 heteroatoms. The van der Waals surface area contributed by atoms with Crippen LogP contribution in [-0.4, -0.2) is 50.3 Å². The Morgan fingerprint density at radius 2 is 2.11 bits per heavy atom. The van der Waals surface area contributed by atoms with Crippen LogP contribution in [0, 0.1) is 0 Å². The lowest BCUT2D eigenvalue weighted by Crippen LogP contribution is -2.27. The normalized spacial score (nSPS) is 14.4. The number of hydrogen-bond donors (Lipinski definition) is 1. The van der Waals surface area contributed by atoms with E-state index in [-0.39, 0.29) is 6.04 Å². The van der Waals surface area contributed by atoms with Crippen LogP contribution in [-0.2, 0) is 19.9 Å². The maximum absolute atomic E-state index is 4.82. The molecule has 0 aromatic carbocycles. The Morgan fingerprint density at radius 3 is 2.81 bits per heavy atom. The first-order valence-corrected chi connectivity index (χ1v) is 9.32. The van der Waals surface area contributed by atoms with Crippen molar-refractivity contribution < 1.29 is 0 Å².